The minimum absolute atomic E-state index is 0.314. The Hall–Kier alpha value is -2.11. The minimum Gasteiger partial charge on any atom is -0.481 e. The first kappa shape index (κ1) is 16.9. The molecule has 0 fully saturated rings. The highest BCUT2D eigenvalue weighted by atomic mass is 19.1. The van der Waals surface area contributed by atoms with E-state index in [1.54, 1.807) is 27.7 Å². The molecule has 6 heteroatoms. The minimum atomic E-state index is -1.07. The number of benzene rings is 1. The third-order valence-electron chi connectivity index (χ3n) is 2.68. The zero-order valence-electron chi connectivity index (χ0n) is 12.6. The Balaban J connectivity index is 2.95. The van der Waals surface area contributed by atoms with Crippen molar-refractivity contribution in [2.45, 2.75) is 45.8 Å². The van der Waals surface area contributed by atoms with Crippen LogP contribution in [-0.4, -0.2) is 22.8 Å². The summed E-state index contributed by atoms with van der Waals surface area (Å²) in [4.78, 5) is 22.8. The fourth-order valence-corrected chi connectivity index (χ4v) is 1.89. The number of hydrogen-bond donors (Lipinski definition) is 2. The summed E-state index contributed by atoms with van der Waals surface area (Å²) in [7, 11) is 0. The normalized spacial score (nSPS) is 12.6. The Morgan fingerprint density at radius 2 is 2.00 bits per heavy atom. The van der Waals surface area contributed by atoms with Gasteiger partial charge in [0.1, 0.15) is 11.4 Å². The van der Waals surface area contributed by atoms with Crippen molar-refractivity contribution in [1.29, 1.82) is 0 Å². The average Bonchev–Trinajstić information content (AvgIpc) is 2.24. The topological polar surface area (TPSA) is 75.6 Å². The molecule has 1 rings (SSSR count). The summed E-state index contributed by atoms with van der Waals surface area (Å²) in [6, 6.07) is 3.21. The van der Waals surface area contributed by atoms with Crippen LogP contribution in [0.4, 0.5) is 9.18 Å². The molecule has 0 radical (unpaired) electrons. The molecule has 0 aliphatic carbocycles. The lowest BCUT2D eigenvalue weighted by atomic mass is 9.99. The number of nitrogens with one attached hydrogen (secondary N) is 1. The second-order valence-electron chi connectivity index (χ2n) is 5.80. The van der Waals surface area contributed by atoms with Gasteiger partial charge in [-0.2, -0.15) is 0 Å². The molecule has 1 amide bonds. The van der Waals surface area contributed by atoms with Gasteiger partial charge in [0.25, 0.3) is 0 Å². The van der Waals surface area contributed by atoms with Crippen molar-refractivity contribution in [1.82, 2.24) is 5.32 Å². The number of carboxylic acid groups (broad SMARTS) is 1. The highest BCUT2D eigenvalue weighted by molar-refractivity contribution is 5.72. The van der Waals surface area contributed by atoms with Crippen LogP contribution >= 0.6 is 0 Å². The van der Waals surface area contributed by atoms with Gasteiger partial charge in [0.05, 0.1) is 12.5 Å². The van der Waals surface area contributed by atoms with Crippen LogP contribution < -0.4 is 5.32 Å². The summed E-state index contributed by atoms with van der Waals surface area (Å²) in [6.07, 6.45) is -1.02. The van der Waals surface area contributed by atoms with Crippen molar-refractivity contribution in [2.24, 2.45) is 0 Å². The maximum atomic E-state index is 13.1. The van der Waals surface area contributed by atoms with Gasteiger partial charge in [0.15, 0.2) is 0 Å². The zero-order valence-corrected chi connectivity index (χ0v) is 12.6. The van der Waals surface area contributed by atoms with E-state index in [1.807, 2.05) is 0 Å². The highest BCUT2D eigenvalue weighted by Gasteiger charge is 2.23. The predicted octanol–water partition coefficient (Wildman–Crippen LogP) is 3.17. The Morgan fingerprint density at radius 3 is 2.48 bits per heavy atom. The van der Waals surface area contributed by atoms with E-state index in [0.717, 1.165) is 0 Å². The summed E-state index contributed by atoms with van der Waals surface area (Å²) in [5.41, 5.74) is 0.428. The number of alkyl carbamates (subject to hydrolysis) is 1. The zero-order chi connectivity index (χ0) is 16.2. The van der Waals surface area contributed by atoms with Crippen LogP contribution in [0, 0.1) is 12.7 Å². The lowest BCUT2D eigenvalue weighted by Gasteiger charge is -2.24. The van der Waals surface area contributed by atoms with E-state index in [2.05, 4.69) is 5.32 Å². The van der Waals surface area contributed by atoms with Crippen molar-refractivity contribution < 1.29 is 23.8 Å². The van der Waals surface area contributed by atoms with Gasteiger partial charge in [-0.15, -0.1) is 0 Å². The van der Waals surface area contributed by atoms with E-state index in [9.17, 15) is 14.0 Å². The van der Waals surface area contributed by atoms with E-state index in [1.165, 1.54) is 18.2 Å². The van der Waals surface area contributed by atoms with Gasteiger partial charge in [0.2, 0.25) is 0 Å². The second kappa shape index (κ2) is 6.56. The molecular weight excluding hydrogens is 277 g/mol. The van der Waals surface area contributed by atoms with Crippen LogP contribution in [0.5, 0.6) is 0 Å². The number of rotatable bonds is 4. The Labute approximate surface area is 123 Å². The first-order valence-electron chi connectivity index (χ1n) is 6.56. The molecule has 0 aliphatic rings. The fourth-order valence-electron chi connectivity index (χ4n) is 1.89. The lowest BCUT2D eigenvalue weighted by molar-refractivity contribution is -0.137. The number of aryl methyl sites for hydroxylation is 1. The molecule has 2 N–H and O–H groups in total. The third kappa shape index (κ3) is 5.81. The standard InChI is InChI=1S/C15H20FNO4/c1-9-7-10(16)5-6-11(9)12(8-13(18)19)17-14(20)21-15(2,3)4/h5-7,12H,8H2,1-4H3,(H,17,20)(H,18,19)/t12-/m0/s1. The molecule has 0 unspecified atom stereocenters. The van der Waals surface area contributed by atoms with Gasteiger partial charge >= 0.3 is 12.1 Å². The van der Waals surface area contributed by atoms with Gasteiger partial charge in [-0.3, -0.25) is 4.79 Å². The van der Waals surface area contributed by atoms with Gasteiger partial charge < -0.3 is 15.2 Å². The van der Waals surface area contributed by atoms with Crippen LogP contribution in [0.25, 0.3) is 0 Å². The SMILES string of the molecule is Cc1cc(F)ccc1[C@H](CC(=O)O)NC(=O)OC(C)(C)C. The number of halogens is 1. The molecule has 21 heavy (non-hydrogen) atoms. The molecule has 1 aromatic carbocycles. The maximum Gasteiger partial charge on any atom is 0.408 e. The lowest BCUT2D eigenvalue weighted by Crippen LogP contribution is -2.36. The highest BCUT2D eigenvalue weighted by Crippen LogP contribution is 2.22. The van der Waals surface area contributed by atoms with Crippen LogP contribution in [0.3, 0.4) is 0 Å². The number of aliphatic carboxylic acids is 1. The fraction of sp³-hybridized carbons (Fsp3) is 0.467. The molecule has 0 bridgehead atoms. The van der Waals surface area contributed by atoms with Gasteiger partial charge in [0, 0.05) is 0 Å². The number of hydrogen-bond acceptors (Lipinski definition) is 3. The van der Waals surface area contributed by atoms with E-state index in [0.29, 0.717) is 11.1 Å². The average molecular weight is 297 g/mol. The van der Waals surface area contributed by atoms with Crippen molar-refractivity contribution in [3.63, 3.8) is 0 Å². The van der Waals surface area contributed by atoms with Crippen molar-refractivity contribution in [3.05, 3.63) is 35.1 Å². The van der Waals surface area contributed by atoms with E-state index >= 15 is 0 Å². The van der Waals surface area contributed by atoms with Gasteiger partial charge in [-0.1, -0.05) is 6.07 Å². The molecule has 0 saturated carbocycles. The summed E-state index contributed by atoms with van der Waals surface area (Å²) in [6.45, 7) is 6.79. The summed E-state index contributed by atoms with van der Waals surface area (Å²) in [5, 5.41) is 11.5. The second-order valence-corrected chi connectivity index (χ2v) is 5.80. The monoisotopic (exact) mass is 297 g/mol. The van der Waals surface area contributed by atoms with E-state index in [4.69, 9.17) is 9.84 Å². The van der Waals surface area contributed by atoms with Crippen molar-refractivity contribution in [3.8, 4) is 0 Å². The molecule has 0 aliphatic heterocycles. The first-order valence-corrected chi connectivity index (χ1v) is 6.56. The molecule has 0 saturated heterocycles. The smallest absolute Gasteiger partial charge is 0.408 e. The summed E-state index contributed by atoms with van der Waals surface area (Å²) >= 11 is 0. The molecule has 1 aromatic rings. The van der Waals surface area contributed by atoms with Crippen molar-refractivity contribution >= 4 is 12.1 Å². The molecule has 1 atom stereocenters. The van der Waals surface area contributed by atoms with E-state index < -0.39 is 29.5 Å². The number of ether oxygens (including phenoxy) is 1. The summed E-state index contributed by atoms with van der Waals surface area (Å²) in [5.74, 6) is -1.48. The molecular formula is C15H20FNO4. The summed E-state index contributed by atoms with van der Waals surface area (Å²) < 4.78 is 18.2. The Kier molecular flexibility index (Phi) is 5.29. The van der Waals surface area contributed by atoms with E-state index in [-0.39, 0.29) is 6.42 Å². The third-order valence-corrected chi connectivity index (χ3v) is 2.68. The number of carbonyl (C=O) groups is 2. The predicted molar refractivity (Wildman–Crippen MR) is 75.5 cm³/mol. The molecule has 5 nitrogen and oxygen atoms in total. The number of amides is 1. The van der Waals surface area contributed by atoms with Crippen molar-refractivity contribution in [2.75, 3.05) is 0 Å². The van der Waals surface area contributed by atoms with Crippen LogP contribution in [0.2, 0.25) is 0 Å². The molecule has 0 aromatic heterocycles. The van der Waals surface area contributed by atoms with Gasteiger partial charge in [-0.25, -0.2) is 9.18 Å². The Bertz CT molecular complexity index is 537. The molecule has 0 heterocycles. The quantitative estimate of drug-likeness (QED) is 0.895. The largest absolute Gasteiger partial charge is 0.481 e. The molecule has 116 valence electrons. The van der Waals surface area contributed by atoms with Crippen LogP contribution in [-0.2, 0) is 9.53 Å². The number of carboxylic acids is 1. The maximum absolute atomic E-state index is 13.1. The Morgan fingerprint density at radius 1 is 1.38 bits per heavy atom. The first-order chi connectivity index (χ1) is 9.58. The van der Waals surface area contributed by atoms with Gasteiger partial charge in [-0.05, 0) is 51.0 Å². The van der Waals surface area contributed by atoms with Crippen LogP contribution in [0.1, 0.15) is 44.4 Å². The number of carbonyl (C=O) groups excluding carboxylic acids is 1. The van der Waals surface area contributed by atoms with Crippen LogP contribution in [0.15, 0.2) is 18.2 Å². The molecule has 0 spiro atoms.